The zero-order valence-corrected chi connectivity index (χ0v) is 7.89. The van der Waals surface area contributed by atoms with Gasteiger partial charge in [0.05, 0.1) is 11.1 Å². The van der Waals surface area contributed by atoms with Crippen molar-refractivity contribution in [3.8, 4) is 12.3 Å². The Bertz CT molecular complexity index is 394. The molecule has 0 amide bonds. The molecule has 0 aliphatic carbocycles. The fourth-order valence-electron chi connectivity index (χ4n) is 0.953. The molecule has 0 fully saturated rings. The number of terminal acetylenes is 1. The summed E-state index contributed by atoms with van der Waals surface area (Å²) in [6.07, 6.45) is 8.87. The van der Waals surface area contributed by atoms with Crippen LogP contribution in [0.4, 0.5) is 0 Å². The zero-order chi connectivity index (χ0) is 9.84. The molecule has 0 aromatic carbocycles. The number of aromatic carboxylic acids is 1. The Labute approximate surface area is 80.5 Å². The number of hydrogen-bond acceptors (Lipinski definition) is 2. The summed E-state index contributed by atoms with van der Waals surface area (Å²) >= 11 is 1.34. The van der Waals surface area contributed by atoms with Crippen molar-refractivity contribution in [3.63, 3.8) is 0 Å². The number of carboxylic acid groups (broad SMARTS) is 1. The van der Waals surface area contributed by atoms with Crippen LogP contribution in [0.25, 0.3) is 6.08 Å². The van der Waals surface area contributed by atoms with E-state index in [9.17, 15) is 4.79 Å². The van der Waals surface area contributed by atoms with E-state index in [4.69, 9.17) is 11.5 Å². The molecular formula is C10H8O2S. The van der Waals surface area contributed by atoms with E-state index >= 15 is 0 Å². The van der Waals surface area contributed by atoms with Gasteiger partial charge >= 0.3 is 5.97 Å². The molecule has 0 atom stereocenters. The molecule has 0 aliphatic heterocycles. The normalized spacial score (nSPS) is 10.2. The Hall–Kier alpha value is -1.53. The van der Waals surface area contributed by atoms with Crippen LogP contribution in [0, 0.1) is 12.3 Å². The first-order chi connectivity index (χ1) is 6.20. The van der Waals surface area contributed by atoms with Gasteiger partial charge in [0.15, 0.2) is 0 Å². The molecule has 0 bridgehead atoms. The highest BCUT2D eigenvalue weighted by Crippen LogP contribution is 2.23. The summed E-state index contributed by atoms with van der Waals surface area (Å²) in [6.45, 7) is 1.86. The third kappa shape index (κ3) is 1.79. The molecule has 0 saturated carbocycles. The highest BCUT2D eigenvalue weighted by Gasteiger charge is 2.13. The topological polar surface area (TPSA) is 37.3 Å². The SMILES string of the molecule is C#Cc1c(C(=O)O)csc1/C=C\C. The molecule has 0 unspecified atom stereocenters. The number of carbonyl (C=O) groups is 1. The summed E-state index contributed by atoms with van der Waals surface area (Å²) in [7, 11) is 0. The Morgan fingerprint density at radius 1 is 1.77 bits per heavy atom. The molecule has 0 radical (unpaired) electrons. The lowest BCUT2D eigenvalue weighted by Gasteiger charge is -1.91. The zero-order valence-electron chi connectivity index (χ0n) is 7.07. The standard InChI is InChI=1S/C10H8O2S/c1-3-5-9-7(4-2)8(6-13-9)10(11)12/h2-3,5-6H,1H3,(H,11,12)/b5-3-. The van der Waals surface area contributed by atoms with E-state index < -0.39 is 5.97 Å². The summed E-state index contributed by atoms with van der Waals surface area (Å²) < 4.78 is 0. The predicted octanol–water partition coefficient (Wildman–Crippen LogP) is 2.46. The van der Waals surface area contributed by atoms with Crippen molar-refractivity contribution in [1.82, 2.24) is 0 Å². The lowest BCUT2D eigenvalue weighted by atomic mass is 10.1. The first-order valence-electron chi connectivity index (χ1n) is 3.64. The van der Waals surface area contributed by atoms with Crippen molar-refractivity contribution in [2.75, 3.05) is 0 Å². The summed E-state index contributed by atoms with van der Waals surface area (Å²) in [5.41, 5.74) is 0.677. The van der Waals surface area contributed by atoms with Crippen LogP contribution in [0.15, 0.2) is 11.5 Å². The number of hydrogen-bond donors (Lipinski definition) is 1. The Kier molecular flexibility index (Phi) is 2.88. The molecule has 1 rings (SSSR count). The van der Waals surface area contributed by atoms with Gasteiger partial charge in [0.1, 0.15) is 0 Å². The van der Waals surface area contributed by atoms with Crippen molar-refractivity contribution in [2.24, 2.45) is 0 Å². The summed E-state index contributed by atoms with van der Waals surface area (Å²) in [6, 6.07) is 0. The summed E-state index contributed by atoms with van der Waals surface area (Å²) in [5, 5.41) is 10.3. The van der Waals surface area contributed by atoms with Crippen molar-refractivity contribution >= 4 is 23.4 Å². The molecule has 0 spiro atoms. The first kappa shape index (κ1) is 9.56. The van der Waals surface area contributed by atoms with E-state index in [0.717, 1.165) is 4.88 Å². The average Bonchev–Trinajstić information content (AvgIpc) is 2.48. The number of allylic oxidation sites excluding steroid dienone is 1. The summed E-state index contributed by atoms with van der Waals surface area (Å²) in [5.74, 6) is 1.42. The smallest absolute Gasteiger partial charge is 0.337 e. The van der Waals surface area contributed by atoms with Crippen LogP contribution in [-0.2, 0) is 0 Å². The largest absolute Gasteiger partial charge is 0.478 e. The van der Waals surface area contributed by atoms with Crippen LogP contribution in [0.5, 0.6) is 0 Å². The van der Waals surface area contributed by atoms with Gasteiger partial charge in [-0.1, -0.05) is 12.0 Å². The fourth-order valence-corrected chi connectivity index (χ4v) is 1.92. The predicted molar refractivity (Wildman–Crippen MR) is 53.9 cm³/mol. The van der Waals surface area contributed by atoms with Crippen LogP contribution in [0.1, 0.15) is 27.7 Å². The van der Waals surface area contributed by atoms with E-state index in [1.165, 1.54) is 11.3 Å². The van der Waals surface area contributed by atoms with E-state index in [1.54, 1.807) is 5.38 Å². The van der Waals surface area contributed by atoms with Gasteiger partial charge in [-0.25, -0.2) is 4.79 Å². The maximum Gasteiger partial charge on any atom is 0.337 e. The number of carboxylic acids is 1. The third-order valence-corrected chi connectivity index (χ3v) is 2.46. The highest BCUT2D eigenvalue weighted by atomic mass is 32.1. The van der Waals surface area contributed by atoms with Crippen molar-refractivity contribution < 1.29 is 9.90 Å². The van der Waals surface area contributed by atoms with Crippen molar-refractivity contribution in [3.05, 3.63) is 27.5 Å². The second-order valence-corrected chi connectivity index (χ2v) is 3.25. The quantitative estimate of drug-likeness (QED) is 0.731. The van der Waals surface area contributed by atoms with Crippen LogP contribution in [0.2, 0.25) is 0 Å². The maximum absolute atomic E-state index is 10.7. The molecule has 66 valence electrons. The van der Waals surface area contributed by atoms with Gasteiger partial charge in [-0.2, -0.15) is 0 Å². The second-order valence-electron chi connectivity index (χ2n) is 2.34. The Morgan fingerprint density at radius 2 is 2.46 bits per heavy atom. The average molecular weight is 192 g/mol. The fraction of sp³-hybridized carbons (Fsp3) is 0.100. The Morgan fingerprint density at radius 3 is 2.92 bits per heavy atom. The number of rotatable bonds is 2. The minimum absolute atomic E-state index is 0.209. The molecule has 2 nitrogen and oxygen atoms in total. The minimum Gasteiger partial charge on any atom is -0.478 e. The lowest BCUT2D eigenvalue weighted by Crippen LogP contribution is -1.96. The van der Waals surface area contributed by atoms with E-state index in [0.29, 0.717) is 5.56 Å². The molecule has 1 N–H and O–H groups in total. The lowest BCUT2D eigenvalue weighted by molar-refractivity contribution is 0.0697. The Balaban J connectivity index is 3.28. The van der Waals surface area contributed by atoms with E-state index in [-0.39, 0.29) is 5.56 Å². The van der Waals surface area contributed by atoms with E-state index in [1.807, 2.05) is 19.1 Å². The first-order valence-corrected chi connectivity index (χ1v) is 4.52. The van der Waals surface area contributed by atoms with Gasteiger partial charge in [0.25, 0.3) is 0 Å². The summed E-state index contributed by atoms with van der Waals surface area (Å²) in [4.78, 5) is 11.5. The van der Waals surface area contributed by atoms with Gasteiger partial charge in [0.2, 0.25) is 0 Å². The van der Waals surface area contributed by atoms with Gasteiger partial charge < -0.3 is 5.11 Å². The van der Waals surface area contributed by atoms with Crippen LogP contribution >= 0.6 is 11.3 Å². The molecule has 1 heterocycles. The van der Waals surface area contributed by atoms with Gasteiger partial charge in [-0.3, -0.25) is 0 Å². The van der Waals surface area contributed by atoms with Crippen molar-refractivity contribution in [1.29, 1.82) is 0 Å². The minimum atomic E-state index is -0.972. The maximum atomic E-state index is 10.7. The molecule has 3 heteroatoms. The molecule has 0 saturated heterocycles. The molecule has 1 aromatic heterocycles. The van der Waals surface area contributed by atoms with Crippen LogP contribution in [0.3, 0.4) is 0 Å². The van der Waals surface area contributed by atoms with Crippen LogP contribution in [-0.4, -0.2) is 11.1 Å². The second kappa shape index (κ2) is 3.92. The molecule has 13 heavy (non-hydrogen) atoms. The van der Waals surface area contributed by atoms with Gasteiger partial charge in [-0.15, -0.1) is 17.8 Å². The van der Waals surface area contributed by atoms with Crippen LogP contribution < -0.4 is 0 Å². The highest BCUT2D eigenvalue weighted by molar-refractivity contribution is 7.11. The molecule has 1 aromatic rings. The van der Waals surface area contributed by atoms with Gasteiger partial charge in [0, 0.05) is 10.3 Å². The van der Waals surface area contributed by atoms with E-state index in [2.05, 4.69) is 5.92 Å². The number of thiophene rings is 1. The van der Waals surface area contributed by atoms with Crippen molar-refractivity contribution in [2.45, 2.75) is 6.92 Å². The third-order valence-electron chi connectivity index (χ3n) is 1.51. The molecule has 0 aliphatic rings. The van der Waals surface area contributed by atoms with Gasteiger partial charge in [-0.05, 0) is 13.0 Å². The molecular weight excluding hydrogens is 184 g/mol. The monoisotopic (exact) mass is 192 g/mol.